The standard InChI is InChI=1S/C13H15FN4/c1-9-12(16-6-5-15)8-17-13(18-9)10-3-2-4-11(14)7-10/h2-4,7-8,16H,5-6,15H2,1H3. The fourth-order valence-electron chi connectivity index (χ4n) is 1.61. The highest BCUT2D eigenvalue weighted by atomic mass is 19.1. The van der Waals surface area contributed by atoms with Crippen LogP contribution in [0.2, 0.25) is 0 Å². The smallest absolute Gasteiger partial charge is 0.159 e. The highest BCUT2D eigenvalue weighted by Gasteiger charge is 2.05. The zero-order chi connectivity index (χ0) is 13.0. The van der Waals surface area contributed by atoms with Gasteiger partial charge in [-0.3, -0.25) is 0 Å². The second kappa shape index (κ2) is 5.55. The van der Waals surface area contributed by atoms with Crippen LogP contribution in [-0.4, -0.2) is 23.1 Å². The number of aryl methyl sites for hydroxylation is 1. The number of halogens is 1. The number of anilines is 1. The maximum absolute atomic E-state index is 13.1. The molecule has 0 aliphatic rings. The van der Waals surface area contributed by atoms with Gasteiger partial charge in [0.15, 0.2) is 5.82 Å². The van der Waals surface area contributed by atoms with E-state index < -0.39 is 0 Å². The molecule has 0 saturated carbocycles. The van der Waals surface area contributed by atoms with E-state index in [0.29, 0.717) is 24.5 Å². The van der Waals surface area contributed by atoms with Crippen LogP contribution in [0.5, 0.6) is 0 Å². The predicted molar refractivity (Wildman–Crippen MR) is 69.7 cm³/mol. The zero-order valence-electron chi connectivity index (χ0n) is 10.2. The maximum Gasteiger partial charge on any atom is 0.159 e. The first-order chi connectivity index (χ1) is 8.70. The summed E-state index contributed by atoms with van der Waals surface area (Å²) in [6, 6.07) is 6.24. The molecule has 5 heteroatoms. The first kappa shape index (κ1) is 12.4. The summed E-state index contributed by atoms with van der Waals surface area (Å²) in [5.74, 6) is 0.226. The van der Waals surface area contributed by atoms with Crippen LogP contribution in [-0.2, 0) is 0 Å². The van der Waals surface area contributed by atoms with Gasteiger partial charge in [0.25, 0.3) is 0 Å². The van der Waals surface area contributed by atoms with E-state index in [9.17, 15) is 4.39 Å². The van der Waals surface area contributed by atoms with E-state index in [4.69, 9.17) is 5.73 Å². The minimum Gasteiger partial charge on any atom is -0.381 e. The molecule has 2 rings (SSSR count). The van der Waals surface area contributed by atoms with Crippen LogP contribution >= 0.6 is 0 Å². The number of nitrogens with one attached hydrogen (secondary N) is 1. The van der Waals surface area contributed by atoms with Crippen molar-refractivity contribution in [2.75, 3.05) is 18.4 Å². The highest BCUT2D eigenvalue weighted by molar-refractivity contribution is 5.57. The number of nitrogens with two attached hydrogens (primary N) is 1. The number of hydrogen-bond acceptors (Lipinski definition) is 4. The molecular weight excluding hydrogens is 231 g/mol. The van der Waals surface area contributed by atoms with Gasteiger partial charge >= 0.3 is 0 Å². The summed E-state index contributed by atoms with van der Waals surface area (Å²) in [5, 5.41) is 3.13. The Balaban J connectivity index is 2.28. The lowest BCUT2D eigenvalue weighted by Crippen LogP contribution is -2.14. The minimum atomic E-state index is -0.293. The third kappa shape index (κ3) is 2.81. The molecule has 0 unspecified atom stereocenters. The Morgan fingerprint density at radius 3 is 2.89 bits per heavy atom. The van der Waals surface area contributed by atoms with Crippen molar-refractivity contribution in [1.82, 2.24) is 9.97 Å². The summed E-state index contributed by atoms with van der Waals surface area (Å²) in [5.41, 5.74) is 7.75. The average Bonchev–Trinajstić information content (AvgIpc) is 2.37. The Hall–Kier alpha value is -2.01. The molecule has 0 atom stereocenters. The Bertz CT molecular complexity index is 542. The lowest BCUT2D eigenvalue weighted by atomic mass is 10.2. The first-order valence-electron chi connectivity index (χ1n) is 5.74. The van der Waals surface area contributed by atoms with Crippen molar-refractivity contribution in [2.45, 2.75) is 6.92 Å². The van der Waals surface area contributed by atoms with Gasteiger partial charge in [0, 0.05) is 18.7 Å². The molecule has 0 aliphatic carbocycles. The Labute approximate surface area is 105 Å². The van der Waals surface area contributed by atoms with E-state index in [2.05, 4.69) is 15.3 Å². The van der Waals surface area contributed by atoms with Gasteiger partial charge < -0.3 is 11.1 Å². The molecule has 0 radical (unpaired) electrons. The Morgan fingerprint density at radius 1 is 1.39 bits per heavy atom. The summed E-state index contributed by atoms with van der Waals surface area (Å²) in [7, 11) is 0. The second-order valence-corrected chi connectivity index (χ2v) is 3.92. The molecule has 0 saturated heterocycles. The average molecular weight is 246 g/mol. The molecule has 3 N–H and O–H groups in total. The van der Waals surface area contributed by atoms with E-state index in [-0.39, 0.29) is 5.82 Å². The van der Waals surface area contributed by atoms with Crippen LogP contribution in [0.3, 0.4) is 0 Å². The van der Waals surface area contributed by atoms with Crippen molar-refractivity contribution >= 4 is 5.69 Å². The van der Waals surface area contributed by atoms with Crippen LogP contribution in [0.4, 0.5) is 10.1 Å². The van der Waals surface area contributed by atoms with Crippen LogP contribution in [0.1, 0.15) is 5.69 Å². The number of nitrogens with zero attached hydrogens (tertiary/aromatic N) is 2. The van der Waals surface area contributed by atoms with Gasteiger partial charge in [0.05, 0.1) is 17.6 Å². The van der Waals surface area contributed by atoms with Crippen molar-refractivity contribution in [3.05, 3.63) is 42.0 Å². The quantitative estimate of drug-likeness (QED) is 0.865. The Morgan fingerprint density at radius 2 is 2.22 bits per heavy atom. The van der Waals surface area contributed by atoms with Gasteiger partial charge in [0.2, 0.25) is 0 Å². The molecule has 94 valence electrons. The summed E-state index contributed by atoms with van der Waals surface area (Å²) < 4.78 is 13.1. The number of rotatable bonds is 4. The van der Waals surface area contributed by atoms with Crippen molar-refractivity contribution in [1.29, 1.82) is 0 Å². The van der Waals surface area contributed by atoms with E-state index in [1.807, 2.05) is 6.92 Å². The molecule has 0 fully saturated rings. The molecule has 18 heavy (non-hydrogen) atoms. The number of hydrogen-bond donors (Lipinski definition) is 2. The summed E-state index contributed by atoms with van der Waals surface area (Å²) in [6.07, 6.45) is 1.69. The topological polar surface area (TPSA) is 63.8 Å². The van der Waals surface area contributed by atoms with Crippen LogP contribution < -0.4 is 11.1 Å². The second-order valence-electron chi connectivity index (χ2n) is 3.92. The fraction of sp³-hybridized carbons (Fsp3) is 0.231. The monoisotopic (exact) mass is 246 g/mol. The summed E-state index contributed by atoms with van der Waals surface area (Å²) in [4.78, 5) is 8.58. The largest absolute Gasteiger partial charge is 0.381 e. The third-order valence-corrected chi connectivity index (χ3v) is 2.52. The summed E-state index contributed by atoms with van der Waals surface area (Å²) in [6.45, 7) is 3.10. The lowest BCUT2D eigenvalue weighted by molar-refractivity contribution is 0.628. The van der Waals surface area contributed by atoms with Crippen molar-refractivity contribution in [3.8, 4) is 11.4 Å². The first-order valence-corrected chi connectivity index (χ1v) is 5.74. The van der Waals surface area contributed by atoms with E-state index in [1.165, 1.54) is 12.1 Å². The van der Waals surface area contributed by atoms with Crippen LogP contribution in [0.25, 0.3) is 11.4 Å². The molecule has 2 aromatic rings. The SMILES string of the molecule is Cc1nc(-c2cccc(F)c2)ncc1NCCN. The molecule has 1 heterocycles. The van der Waals surface area contributed by atoms with Crippen molar-refractivity contribution in [2.24, 2.45) is 5.73 Å². The van der Waals surface area contributed by atoms with Gasteiger partial charge in [-0.05, 0) is 19.1 Å². The van der Waals surface area contributed by atoms with Gasteiger partial charge in [-0.25, -0.2) is 14.4 Å². The van der Waals surface area contributed by atoms with E-state index in [0.717, 1.165) is 11.4 Å². The van der Waals surface area contributed by atoms with E-state index >= 15 is 0 Å². The molecule has 1 aromatic heterocycles. The van der Waals surface area contributed by atoms with Gasteiger partial charge in [-0.15, -0.1) is 0 Å². The van der Waals surface area contributed by atoms with Crippen LogP contribution in [0.15, 0.2) is 30.5 Å². The molecule has 0 aliphatic heterocycles. The zero-order valence-corrected chi connectivity index (χ0v) is 10.2. The summed E-state index contributed by atoms with van der Waals surface area (Å²) >= 11 is 0. The fourth-order valence-corrected chi connectivity index (χ4v) is 1.61. The molecule has 0 spiro atoms. The molecule has 4 nitrogen and oxygen atoms in total. The highest BCUT2D eigenvalue weighted by Crippen LogP contribution is 2.19. The van der Waals surface area contributed by atoms with Gasteiger partial charge in [0.1, 0.15) is 5.82 Å². The predicted octanol–water partition coefficient (Wildman–Crippen LogP) is 1.96. The van der Waals surface area contributed by atoms with Crippen LogP contribution in [0, 0.1) is 12.7 Å². The van der Waals surface area contributed by atoms with E-state index in [1.54, 1.807) is 18.3 Å². The lowest BCUT2D eigenvalue weighted by Gasteiger charge is -2.08. The van der Waals surface area contributed by atoms with Crippen molar-refractivity contribution in [3.63, 3.8) is 0 Å². The normalized spacial score (nSPS) is 10.4. The molecule has 0 bridgehead atoms. The maximum atomic E-state index is 13.1. The minimum absolute atomic E-state index is 0.293. The molecule has 1 aromatic carbocycles. The van der Waals surface area contributed by atoms with Gasteiger partial charge in [-0.2, -0.15) is 0 Å². The van der Waals surface area contributed by atoms with Crippen molar-refractivity contribution < 1.29 is 4.39 Å². The number of benzene rings is 1. The number of aromatic nitrogens is 2. The molecular formula is C13H15FN4. The Kier molecular flexibility index (Phi) is 3.84. The third-order valence-electron chi connectivity index (χ3n) is 2.52. The van der Waals surface area contributed by atoms with Gasteiger partial charge in [-0.1, -0.05) is 12.1 Å². The molecule has 0 amide bonds.